The molecule has 1 aromatic rings. The second-order valence-corrected chi connectivity index (χ2v) is 4.11. The molecule has 20 heavy (non-hydrogen) atoms. The Balaban J connectivity index is 3.19. The molecule has 0 amide bonds. The van der Waals surface area contributed by atoms with E-state index in [9.17, 15) is 30.7 Å². The summed E-state index contributed by atoms with van der Waals surface area (Å²) in [4.78, 5) is 0. The molecule has 0 radical (unpaired) electrons. The Morgan fingerprint density at radius 1 is 0.900 bits per heavy atom. The van der Waals surface area contributed by atoms with Crippen LogP contribution in [0.25, 0.3) is 0 Å². The van der Waals surface area contributed by atoms with Gasteiger partial charge in [0.15, 0.2) is 5.75 Å². The van der Waals surface area contributed by atoms with Crippen molar-refractivity contribution >= 4 is 23.2 Å². The summed E-state index contributed by atoms with van der Waals surface area (Å²) in [6, 6.07) is 3.25. The Morgan fingerprint density at radius 3 is 1.75 bits per heavy atom. The highest BCUT2D eigenvalue weighted by atomic mass is 35.5. The van der Waals surface area contributed by atoms with E-state index in [-0.39, 0.29) is 0 Å². The fourth-order valence-corrected chi connectivity index (χ4v) is 1.48. The molecule has 0 fully saturated rings. The van der Waals surface area contributed by atoms with Gasteiger partial charge in [0.1, 0.15) is 0 Å². The molecule has 0 saturated heterocycles. The fraction of sp³-hybridized carbons (Fsp3) is 0.200. The molecule has 1 aromatic carbocycles. The first-order valence-corrected chi connectivity index (χ1v) is 5.36. The van der Waals surface area contributed by atoms with Gasteiger partial charge in [-0.3, -0.25) is 0 Å². The molecule has 0 N–H and O–H groups in total. The van der Waals surface area contributed by atoms with Gasteiger partial charge in [0.2, 0.25) is 5.83 Å². The van der Waals surface area contributed by atoms with Gasteiger partial charge in [0.05, 0.1) is 10.0 Å². The lowest BCUT2D eigenvalue weighted by Gasteiger charge is -2.18. The lowest BCUT2D eigenvalue weighted by atomic mass is 10.3. The van der Waals surface area contributed by atoms with Gasteiger partial charge in [0, 0.05) is 0 Å². The predicted octanol–water partition coefficient (Wildman–Crippen LogP) is 5.68. The topological polar surface area (TPSA) is 9.23 Å². The van der Waals surface area contributed by atoms with Gasteiger partial charge < -0.3 is 4.74 Å². The highest BCUT2D eigenvalue weighted by Crippen LogP contribution is 2.41. The summed E-state index contributed by atoms with van der Waals surface area (Å²) in [5.74, 6) is -8.02. The fourth-order valence-electron chi connectivity index (χ4n) is 1.01. The minimum Gasteiger partial charge on any atom is -0.424 e. The van der Waals surface area contributed by atoms with E-state index in [0.717, 1.165) is 12.1 Å². The molecule has 10 heteroatoms. The number of rotatable bonds is 3. The molecule has 0 heterocycles. The Hall–Kier alpha value is -1.15. The molecule has 1 nitrogen and oxygen atoms in total. The van der Waals surface area contributed by atoms with Crippen molar-refractivity contribution in [2.24, 2.45) is 0 Å². The first kappa shape index (κ1) is 16.9. The molecular formula is C10H3Cl2F7O. The van der Waals surface area contributed by atoms with Crippen LogP contribution in [-0.2, 0) is 0 Å². The summed E-state index contributed by atoms with van der Waals surface area (Å²) < 4.78 is 90.7. The first-order chi connectivity index (χ1) is 8.97. The van der Waals surface area contributed by atoms with Crippen LogP contribution in [0.1, 0.15) is 0 Å². The lowest BCUT2D eigenvalue weighted by Crippen LogP contribution is -2.29. The van der Waals surface area contributed by atoms with E-state index < -0.39 is 39.7 Å². The van der Waals surface area contributed by atoms with Gasteiger partial charge >= 0.3 is 12.3 Å². The smallest absolute Gasteiger partial charge is 0.424 e. The van der Waals surface area contributed by atoms with Crippen molar-refractivity contribution in [3.63, 3.8) is 0 Å². The summed E-state index contributed by atoms with van der Waals surface area (Å²) in [6.45, 7) is 0. The van der Waals surface area contributed by atoms with Gasteiger partial charge in [-0.05, 0) is 12.1 Å². The first-order valence-electron chi connectivity index (χ1n) is 4.60. The molecule has 0 spiro atoms. The number of benzene rings is 1. The van der Waals surface area contributed by atoms with E-state index in [2.05, 4.69) is 4.74 Å². The normalized spacial score (nSPS) is 14.1. The van der Waals surface area contributed by atoms with Crippen molar-refractivity contribution in [1.29, 1.82) is 0 Å². The Kier molecular flexibility index (Phi) is 4.81. The van der Waals surface area contributed by atoms with Crippen LogP contribution in [-0.4, -0.2) is 12.3 Å². The third-order valence-corrected chi connectivity index (χ3v) is 2.44. The van der Waals surface area contributed by atoms with E-state index in [0.29, 0.717) is 0 Å². The van der Waals surface area contributed by atoms with Crippen molar-refractivity contribution in [1.82, 2.24) is 0 Å². The zero-order valence-corrected chi connectivity index (χ0v) is 10.6. The maximum absolute atomic E-state index is 13.1. The SMILES string of the molecule is F/C(=C(/F)C(F)(F)Oc1c(Cl)cccc1Cl)C(F)(F)F. The molecule has 0 atom stereocenters. The van der Waals surface area contributed by atoms with E-state index in [1.165, 1.54) is 6.07 Å². The number of alkyl halides is 5. The largest absolute Gasteiger partial charge is 0.457 e. The van der Waals surface area contributed by atoms with Crippen molar-refractivity contribution < 1.29 is 35.5 Å². The average molecular weight is 343 g/mol. The number of hydrogen-bond acceptors (Lipinski definition) is 1. The molecule has 0 saturated carbocycles. The van der Waals surface area contributed by atoms with Crippen molar-refractivity contribution in [3.8, 4) is 5.75 Å². The molecule has 0 aliphatic carbocycles. The van der Waals surface area contributed by atoms with E-state index >= 15 is 0 Å². The maximum Gasteiger partial charge on any atom is 0.457 e. The van der Waals surface area contributed by atoms with Crippen LogP contribution < -0.4 is 4.74 Å². The highest BCUT2D eigenvalue weighted by molar-refractivity contribution is 6.37. The Labute approximate surface area is 117 Å². The zero-order valence-electron chi connectivity index (χ0n) is 9.04. The van der Waals surface area contributed by atoms with Crippen LogP contribution in [0.4, 0.5) is 30.7 Å². The highest BCUT2D eigenvalue weighted by Gasteiger charge is 2.49. The molecule has 0 unspecified atom stereocenters. The molecule has 112 valence electrons. The van der Waals surface area contributed by atoms with Gasteiger partial charge in [-0.15, -0.1) is 0 Å². The summed E-state index contributed by atoms with van der Waals surface area (Å²) >= 11 is 10.8. The standard InChI is InChI=1S/C10H3Cl2F7O/c11-4-2-1-3-5(12)6(4)20-10(18,19)8(14)7(13)9(15,16)17/h1-3H/b8-7+. The van der Waals surface area contributed by atoms with Crippen molar-refractivity contribution in [2.75, 3.05) is 0 Å². The summed E-state index contributed by atoms with van der Waals surface area (Å²) in [7, 11) is 0. The minimum atomic E-state index is -5.92. The average Bonchev–Trinajstić information content (AvgIpc) is 2.31. The Morgan fingerprint density at radius 2 is 1.35 bits per heavy atom. The molecular weight excluding hydrogens is 340 g/mol. The van der Waals surface area contributed by atoms with Gasteiger partial charge in [-0.1, -0.05) is 29.3 Å². The van der Waals surface area contributed by atoms with Crippen LogP contribution >= 0.6 is 23.2 Å². The van der Waals surface area contributed by atoms with Crippen LogP contribution in [0.2, 0.25) is 10.0 Å². The Bertz CT molecular complexity index is 519. The summed E-state index contributed by atoms with van der Waals surface area (Å²) in [6.07, 6.45) is -11.1. The van der Waals surface area contributed by atoms with Crippen molar-refractivity contribution in [3.05, 3.63) is 39.9 Å². The minimum absolute atomic E-state index is 0.516. The van der Waals surface area contributed by atoms with Gasteiger partial charge in [-0.25, -0.2) is 0 Å². The van der Waals surface area contributed by atoms with Crippen LogP contribution in [0, 0.1) is 0 Å². The van der Waals surface area contributed by atoms with Crippen LogP contribution in [0.5, 0.6) is 5.75 Å². The van der Waals surface area contributed by atoms with E-state index in [4.69, 9.17) is 23.2 Å². The summed E-state index contributed by atoms with van der Waals surface area (Å²) in [5, 5.41) is -1.03. The second kappa shape index (κ2) is 5.69. The molecule has 0 aliphatic heterocycles. The van der Waals surface area contributed by atoms with E-state index in [1.807, 2.05) is 0 Å². The molecule has 0 bridgehead atoms. The molecule has 0 aromatic heterocycles. The van der Waals surface area contributed by atoms with Gasteiger partial charge in [-0.2, -0.15) is 30.7 Å². The number of allylic oxidation sites excluding steroid dienone is 1. The maximum atomic E-state index is 13.1. The van der Waals surface area contributed by atoms with Crippen LogP contribution in [0.3, 0.4) is 0 Å². The van der Waals surface area contributed by atoms with E-state index in [1.54, 1.807) is 0 Å². The summed E-state index contributed by atoms with van der Waals surface area (Å²) in [5.41, 5.74) is 0. The second-order valence-electron chi connectivity index (χ2n) is 3.30. The quantitative estimate of drug-likeness (QED) is 0.642. The van der Waals surface area contributed by atoms with Gasteiger partial charge in [0.25, 0.3) is 5.83 Å². The number of para-hydroxylation sites is 1. The lowest BCUT2D eigenvalue weighted by molar-refractivity contribution is -0.169. The zero-order chi connectivity index (χ0) is 15.7. The third-order valence-electron chi connectivity index (χ3n) is 1.85. The predicted molar refractivity (Wildman–Crippen MR) is 57.3 cm³/mol. The monoisotopic (exact) mass is 342 g/mol. The molecule has 0 aliphatic rings. The number of halogens is 9. The van der Waals surface area contributed by atoms with Crippen LogP contribution in [0.15, 0.2) is 29.9 Å². The number of ether oxygens (including phenoxy) is 1. The van der Waals surface area contributed by atoms with Crippen molar-refractivity contribution in [2.45, 2.75) is 12.3 Å². The third kappa shape index (κ3) is 3.69. The number of hydrogen-bond donors (Lipinski definition) is 0. The molecule has 1 rings (SSSR count).